The van der Waals surface area contributed by atoms with Crippen molar-refractivity contribution < 1.29 is 19.3 Å². The highest BCUT2D eigenvalue weighted by Crippen LogP contribution is 2.43. The van der Waals surface area contributed by atoms with Gasteiger partial charge in [-0.05, 0) is 17.7 Å². The van der Waals surface area contributed by atoms with E-state index in [1.165, 1.54) is 38.1 Å². The van der Waals surface area contributed by atoms with Gasteiger partial charge in [-0.2, -0.15) is 10.5 Å². The molecule has 2 aromatic rings. The minimum atomic E-state index is -0.183. The predicted molar refractivity (Wildman–Crippen MR) is 112 cm³/mol. The zero-order valence-corrected chi connectivity index (χ0v) is 17.9. The number of rotatable bonds is 7. The molecule has 29 heavy (non-hydrogen) atoms. The second-order valence-corrected chi connectivity index (χ2v) is 6.31. The van der Waals surface area contributed by atoms with Gasteiger partial charge in [-0.25, -0.2) is 4.98 Å². The Balaban J connectivity index is 0.00000204. The molecule has 0 atom stereocenters. The van der Waals surface area contributed by atoms with Crippen LogP contribution in [0.2, 0.25) is 0 Å². The Kier molecular flexibility index (Phi) is 9.60. The number of pyridine rings is 1. The molecule has 0 unspecified atom stereocenters. The molecule has 0 radical (unpaired) electrons. The average Bonchev–Trinajstić information content (AvgIpc) is 2.75. The van der Waals surface area contributed by atoms with Crippen LogP contribution in [0.3, 0.4) is 0 Å². The highest BCUT2D eigenvalue weighted by atomic mass is 32.2. The quantitative estimate of drug-likeness (QED) is 0.513. The number of phenolic OH excluding ortho intramolecular Hbond substituents is 1. The Labute approximate surface area is 174 Å². The fourth-order valence-corrected chi connectivity index (χ4v) is 3.35. The van der Waals surface area contributed by atoms with Crippen molar-refractivity contribution in [1.82, 2.24) is 4.98 Å². The molecule has 0 aliphatic carbocycles. The largest absolute Gasteiger partial charge is 0.502 e. The minimum absolute atomic E-state index is 0.0115. The summed E-state index contributed by atoms with van der Waals surface area (Å²) in [6.07, 6.45) is 0. The van der Waals surface area contributed by atoms with Crippen molar-refractivity contribution in [3.05, 3.63) is 23.3 Å². The molecule has 0 spiro atoms. The van der Waals surface area contributed by atoms with Crippen molar-refractivity contribution in [2.45, 2.75) is 18.9 Å². The number of aromatic nitrogens is 1. The number of phenols is 1. The van der Waals surface area contributed by atoms with Crippen LogP contribution in [0.5, 0.6) is 17.2 Å². The summed E-state index contributed by atoms with van der Waals surface area (Å²) >= 11 is 1.30. The van der Waals surface area contributed by atoms with Crippen molar-refractivity contribution in [2.75, 3.05) is 39.4 Å². The third-order valence-corrected chi connectivity index (χ3v) is 4.65. The fraction of sp³-hybridized carbons (Fsp3) is 0.350. The van der Waals surface area contributed by atoms with E-state index in [0.29, 0.717) is 28.5 Å². The van der Waals surface area contributed by atoms with E-state index >= 15 is 0 Å². The van der Waals surface area contributed by atoms with Gasteiger partial charge >= 0.3 is 0 Å². The first-order valence-electron chi connectivity index (χ1n) is 8.73. The number of nitrogens with zero attached hydrogens (tertiary/aromatic N) is 3. The van der Waals surface area contributed by atoms with Gasteiger partial charge in [-0.3, -0.25) is 0 Å². The van der Waals surface area contributed by atoms with Gasteiger partial charge in [0.1, 0.15) is 28.5 Å². The number of nitriles is 2. The molecule has 1 aromatic heterocycles. The van der Waals surface area contributed by atoms with Crippen LogP contribution in [0.15, 0.2) is 17.2 Å². The molecule has 0 amide bonds. The number of anilines is 1. The molecule has 8 nitrogen and oxygen atoms in total. The van der Waals surface area contributed by atoms with E-state index in [-0.39, 0.29) is 34.2 Å². The Morgan fingerprint density at radius 1 is 1.07 bits per heavy atom. The topological polar surface area (TPSA) is 134 Å². The maximum absolute atomic E-state index is 10.1. The molecule has 0 bridgehead atoms. The highest BCUT2D eigenvalue weighted by Gasteiger charge is 2.23. The van der Waals surface area contributed by atoms with E-state index in [1.807, 2.05) is 19.9 Å². The summed E-state index contributed by atoms with van der Waals surface area (Å²) in [7, 11) is 4.36. The molecule has 0 saturated heterocycles. The van der Waals surface area contributed by atoms with Gasteiger partial charge in [0.25, 0.3) is 0 Å². The Bertz CT molecular complexity index is 911. The summed E-state index contributed by atoms with van der Waals surface area (Å²) in [5.74, 6) is 0.669. The average molecular weight is 417 g/mol. The maximum atomic E-state index is 10.1. The van der Waals surface area contributed by atoms with Crippen molar-refractivity contribution >= 4 is 17.6 Å². The van der Waals surface area contributed by atoms with Gasteiger partial charge in [0.2, 0.25) is 5.75 Å². The first-order valence-corrected chi connectivity index (χ1v) is 9.71. The van der Waals surface area contributed by atoms with Crippen LogP contribution in [0, 0.1) is 22.7 Å². The Morgan fingerprint density at radius 3 is 2.07 bits per heavy atom. The highest BCUT2D eigenvalue weighted by molar-refractivity contribution is 7.99. The number of methoxy groups -OCH3 is 3. The molecule has 0 saturated carbocycles. The molecular formula is C20H24N4O4S. The van der Waals surface area contributed by atoms with Crippen LogP contribution >= 0.6 is 11.8 Å². The van der Waals surface area contributed by atoms with Gasteiger partial charge in [-0.1, -0.05) is 13.8 Å². The number of hydrogen-bond donors (Lipinski definition) is 2. The Morgan fingerprint density at radius 2 is 1.62 bits per heavy atom. The maximum Gasteiger partial charge on any atom is 0.200 e. The van der Waals surface area contributed by atoms with Crippen molar-refractivity contribution in [2.24, 2.45) is 0 Å². The number of nitrogen functional groups attached to an aromatic ring is 1. The molecule has 0 aliphatic heterocycles. The van der Waals surface area contributed by atoms with Crippen LogP contribution in [-0.2, 0) is 4.74 Å². The zero-order chi connectivity index (χ0) is 22.0. The summed E-state index contributed by atoms with van der Waals surface area (Å²) in [6.45, 7) is 4.47. The normalized spacial score (nSPS) is 9.62. The second-order valence-electron chi connectivity index (χ2n) is 5.22. The summed E-state index contributed by atoms with van der Waals surface area (Å²) in [5.41, 5.74) is 6.99. The molecule has 9 heteroatoms. The molecule has 154 valence electrons. The van der Waals surface area contributed by atoms with E-state index in [9.17, 15) is 15.6 Å². The minimum Gasteiger partial charge on any atom is -0.502 e. The number of benzene rings is 1. The summed E-state index contributed by atoms with van der Waals surface area (Å²) in [4.78, 5) is 4.20. The molecule has 2 rings (SSSR count). The molecular weight excluding hydrogens is 392 g/mol. The van der Waals surface area contributed by atoms with Gasteiger partial charge < -0.3 is 25.1 Å². The van der Waals surface area contributed by atoms with E-state index in [1.54, 1.807) is 7.11 Å². The summed E-state index contributed by atoms with van der Waals surface area (Å²) < 4.78 is 15.4. The lowest BCUT2D eigenvalue weighted by atomic mass is 9.96. The van der Waals surface area contributed by atoms with Crippen LogP contribution in [-0.4, -0.2) is 43.8 Å². The number of ether oxygens (including phenoxy) is 3. The molecule has 0 aliphatic rings. The molecule has 1 aromatic carbocycles. The third kappa shape index (κ3) is 5.23. The fourth-order valence-electron chi connectivity index (χ4n) is 2.45. The third-order valence-electron chi connectivity index (χ3n) is 3.71. The van der Waals surface area contributed by atoms with Crippen molar-refractivity contribution in [3.63, 3.8) is 0 Å². The van der Waals surface area contributed by atoms with Crippen molar-refractivity contribution in [3.8, 4) is 40.5 Å². The van der Waals surface area contributed by atoms with Gasteiger partial charge in [-0.15, -0.1) is 11.8 Å². The monoisotopic (exact) mass is 416 g/mol. The number of hydrogen-bond acceptors (Lipinski definition) is 9. The lowest BCUT2D eigenvalue weighted by Gasteiger charge is -2.15. The van der Waals surface area contributed by atoms with Gasteiger partial charge in [0.15, 0.2) is 11.5 Å². The zero-order valence-electron chi connectivity index (χ0n) is 17.1. The molecule has 1 heterocycles. The number of thioether (sulfide) groups is 1. The first kappa shape index (κ1) is 23.9. The lowest BCUT2D eigenvalue weighted by molar-refractivity contribution is 0.218. The van der Waals surface area contributed by atoms with Crippen molar-refractivity contribution in [1.29, 1.82) is 10.5 Å². The molecule has 0 fully saturated rings. The standard InChI is InChI=1S/C18H18N4O4S.C2H6/c1-24-4-5-27-18-12(9-20)15(11(8-19)17(21)22-18)10-6-13(25-2)16(23)14(7-10)26-3;1-2/h6-7,23H,4-5H2,1-3H3,(H2,21,22);1-2H3. The predicted octanol–water partition coefficient (Wildman–Crippen LogP) is 3.56. The van der Waals surface area contributed by atoms with E-state index < -0.39 is 0 Å². The van der Waals surface area contributed by atoms with Gasteiger partial charge in [0, 0.05) is 18.4 Å². The summed E-state index contributed by atoms with van der Waals surface area (Å²) in [6, 6.07) is 7.13. The van der Waals surface area contributed by atoms with Crippen LogP contribution < -0.4 is 15.2 Å². The Hall–Kier alpha value is -3.14. The molecule has 3 N–H and O–H groups in total. The van der Waals surface area contributed by atoms with E-state index in [0.717, 1.165) is 0 Å². The van der Waals surface area contributed by atoms with Crippen LogP contribution in [0.1, 0.15) is 25.0 Å². The summed E-state index contributed by atoms with van der Waals surface area (Å²) in [5, 5.41) is 29.8. The van der Waals surface area contributed by atoms with Gasteiger partial charge in [0.05, 0.1) is 26.4 Å². The van der Waals surface area contributed by atoms with E-state index in [2.05, 4.69) is 11.1 Å². The number of nitrogens with two attached hydrogens (primary N) is 1. The van der Waals surface area contributed by atoms with Crippen LogP contribution in [0.4, 0.5) is 5.82 Å². The smallest absolute Gasteiger partial charge is 0.200 e. The van der Waals surface area contributed by atoms with Crippen LogP contribution in [0.25, 0.3) is 11.1 Å². The number of aromatic hydroxyl groups is 1. The SMILES string of the molecule is CC.COCCSc1nc(N)c(C#N)c(-c2cc(OC)c(O)c(OC)c2)c1C#N. The lowest BCUT2D eigenvalue weighted by Crippen LogP contribution is -2.04. The second kappa shape index (κ2) is 11.6. The van der Waals surface area contributed by atoms with E-state index in [4.69, 9.17) is 19.9 Å². The first-order chi connectivity index (χ1) is 14.0.